The molecule has 0 spiro atoms. The van der Waals surface area contributed by atoms with Crippen LogP contribution in [0.5, 0.6) is 5.75 Å². The van der Waals surface area contributed by atoms with Crippen LogP contribution >= 0.6 is 11.3 Å². The maximum atomic E-state index is 12.4. The Morgan fingerprint density at radius 2 is 1.73 bits per heavy atom. The number of ether oxygens (including phenoxy) is 1. The molecule has 2 aromatic carbocycles. The summed E-state index contributed by atoms with van der Waals surface area (Å²) in [6.07, 6.45) is 0.785. The number of aromatic nitrogens is 2. The topological polar surface area (TPSA) is 64.1 Å². The van der Waals surface area contributed by atoms with Gasteiger partial charge in [0.2, 0.25) is 5.13 Å². The van der Waals surface area contributed by atoms with Crippen LogP contribution < -0.4 is 10.1 Å². The van der Waals surface area contributed by atoms with Gasteiger partial charge in [0, 0.05) is 0 Å². The van der Waals surface area contributed by atoms with E-state index < -0.39 is 6.10 Å². The van der Waals surface area contributed by atoms with Gasteiger partial charge in [0.25, 0.3) is 5.91 Å². The van der Waals surface area contributed by atoms with Crippen LogP contribution in [0.25, 0.3) is 11.1 Å². The summed E-state index contributed by atoms with van der Waals surface area (Å²) >= 11 is 1.39. The minimum absolute atomic E-state index is 0.210. The quantitative estimate of drug-likeness (QED) is 0.665. The molecule has 1 heterocycles. The largest absolute Gasteiger partial charge is 0.481 e. The predicted octanol–water partition coefficient (Wildman–Crippen LogP) is 4.56. The molecular formula is C20H21N3O2S. The van der Waals surface area contributed by atoms with E-state index in [2.05, 4.69) is 27.6 Å². The number of carbonyl (C=O) groups excluding carboxylic acids is 1. The summed E-state index contributed by atoms with van der Waals surface area (Å²) in [6.45, 7) is 3.92. The van der Waals surface area contributed by atoms with E-state index >= 15 is 0 Å². The highest BCUT2D eigenvalue weighted by Crippen LogP contribution is 2.23. The third-order valence-electron chi connectivity index (χ3n) is 3.90. The maximum absolute atomic E-state index is 12.4. The van der Waals surface area contributed by atoms with E-state index in [0.29, 0.717) is 17.3 Å². The van der Waals surface area contributed by atoms with Gasteiger partial charge in [0.05, 0.1) is 0 Å². The van der Waals surface area contributed by atoms with E-state index in [-0.39, 0.29) is 5.91 Å². The SMILES string of the molecule is CCc1nnc(NC(=O)C(CC)Oc2ccc(-c3ccccc3)cc2)s1. The number of benzene rings is 2. The maximum Gasteiger partial charge on any atom is 0.267 e. The number of anilines is 1. The zero-order valence-electron chi connectivity index (χ0n) is 14.8. The molecule has 1 amide bonds. The molecule has 3 rings (SSSR count). The second-order valence-electron chi connectivity index (χ2n) is 5.75. The lowest BCUT2D eigenvalue weighted by Crippen LogP contribution is -2.32. The van der Waals surface area contributed by atoms with Crippen LogP contribution in [0.2, 0.25) is 0 Å². The number of carbonyl (C=O) groups is 1. The highest BCUT2D eigenvalue weighted by molar-refractivity contribution is 7.15. The fourth-order valence-electron chi connectivity index (χ4n) is 2.48. The Bertz CT molecular complexity index is 847. The van der Waals surface area contributed by atoms with Crippen LogP contribution in [0, 0.1) is 0 Å². The van der Waals surface area contributed by atoms with Crippen LogP contribution in [0.4, 0.5) is 5.13 Å². The number of hydrogen-bond acceptors (Lipinski definition) is 5. The zero-order valence-corrected chi connectivity index (χ0v) is 15.6. The third kappa shape index (κ3) is 4.46. The van der Waals surface area contributed by atoms with Crippen LogP contribution in [0.1, 0.15) is 25.3 Å². The predicted molar refractivity (Wildman–Crippen MR) is 105 cm³/mol. The minimum atomic E-state index is -0.577. The number of amides is 1. The van der Waals surface area contributed by atoms with E-state index in [1.165, 1.54) is 11.3 Å². The molecule has 6 heteroatoms. The summed E-state index contributed by atoms with van der Waals surface area (Å²) in [5.74, 6) is 0.455. The van der Waals surface area contributed by atoms with Gasteiger partial charge in [-0.25, -0.2) is 0 Å². The van der Waals surface area contributed by atoms with Crippen molar-refractivity contribution in [2.24, 2.45) is 0 Å². The monoisotopic (exact) mass is 367 g/mol. The lowest BCUT2D eigenvalue weighted by Gasteiger charge is -2.16. The smallest absolute Gasteiger partial charge is 0.267 e. The Balaban J connectivity index is 1.64. The van der Waals surface area contributed by atoms with Crippen molar-refractivity contribution in [1.82, 2.24) is 10.2 Å². The fraction of sp³-hybridized carbons (Fsp3) is 0.250. The van der Waals surface area contributed by atoms with E-state index in [0.717, 1.165) is 22.6 Å². The first-order chi connectivity index (χ1) is 12.7. The summed E-state index contributed by atoms with van der Waals surface area (Å²) in [4.78, 5) is 12.4. The second kappa shape index (κ2) is 8.58. The molecule has 0 bridgehead atoms. The average molecular weight is 367 g/mol. The van der Waals surface area contributed by atoms with Gasteiger partial charge in [-0.1, -0.05) is 67.6 Å². The first kappa shape index (κ1) is 18.1. The van der Waals surface area contributed by atoms with Crippen molar-refractivity contribution in [2.45, 2.75) is 32.8 Å². The first-order valence-corrected chi connectivity index (χ1v) is 9.46. The number of aryl methyl sites for hydroxylation is 1. The summed E-state index contributed by atoms with van der Waals surface area (Å²) in [5.41, 5.74) is 2.25. The van der Waals surface area contributed by atoms with Gasteiger partial charge in [0.1, 0.15) is 10.8 Å². The molecule has 1 aromatic heterocycles. The lowest BCUT2D eigenvalue weighted by atomic mass is 10.1. The van der Waals surface area contributed by atoms with Crippen LogP contribution in [0.3, 0.4) is 0 Å². The molecule has 26 heavy (non-hydrogen) atoms. The Morgan fingerprint density at radius 1 is 1.04 bits per heavy atom. The number of nitrogens with one attached hydrogen (secondary N) is 1. The van der Waals surface area contributed by atoms with Gasteiger partial charge in [-0.2, -0.15) is 0 Å². The molecule has 1 atom stereocenters. The molecule has 5 nitrogen and oxygen atoms in total. The van der Waals surface area contributed by atoms with E-state index in [9.17, 15) is 4.79 Å². The molecular weight excluding hydrogens is 346 g/mol. The van der Waals surface area contributed by atoms with Crippen molar-refractivity contribution >= 4 is 22.4 Å². The van der Waals surface area contributed by atoms with Crippen LogP contribution in [-0.4, -0.2) is 22.2 Å². The van der Waals surface area contributed by atoms with E-state index in [1.807, 2.05) is 56.3 Å². The summed E-state index contributed by atoms with van der Waals surface area (Å²) in [7, 11) is 0. The molecule has 0 radical (unpaired) electrons. The molecule has 0 saturated carbocycles. The van der Waals surface area contributed by atoms with Crippen molar-refractivity contribution < 1.29 is 9.53 Å². The molecule has 1 unspecified atom stereocenters. The number of nitrogens with zero attached hydrogens (tertiary/aromatic N) is 2. The summed E-state index contributed by atoms with van der Waals surface area (Å²) in [5, 5.41) is 12.2. The summed E-state index contributed by atoms with van der Waals surface area (Å²) < 4.78 is 5.87. The molecule has 1 N–H and O–H groups in total. The molecule has 0 aliphatic rings. The normalized spacial score (nSPS) is 11.8. The zero-order chi connectivity index (χ0) is 18.4. The Labute approximate surface area is 157 Å². The van der Waals surface area contributed by atoms with E-state index in [1.54, 1.807) is 0 Å². The molecule has 0 aliphatic heterocycles. The van der Waals surface area contributed by atoms with Crippen molar-refractivity contribution in [2.75, 3.05) is 5.32 Å². The summed E-state index contributed by atoms with van der Waals surface area (Å²) in [6, 6.07) is 17.9. The van der Waals surface area contributed by atoms with Crippen molar-refractivity contribution in [3.63, 3.8) is 0 Å². The van der Waals surface area contributed by atoms with Gasteiger partial charge < -0.3 is 4.74 Å². The second-order valence-corrected chi connectivity index (χ2v) is 6.81. The minimum Gasteiger partial charge on any atom is -0.481 e. The van der Waals surface area contributed by atoms with Gasteiger partial charge >= 0.3 is 0 Å². The standard InChI is InChI=1S/C20H21N3O2S/c1-3-17(19(24)21-20-23-22-18(4-2)26-20)25-16-12-10-15(11-13-16)14-8-6-5-7-9-14/h5-13,17H,3-4H2,1-2H3,(H,21,23,24). The van der Waals surface area contributed by atoms with Gasteiger partial charge in [-0.05, 0) is 36.1 Å². The Hall–Kier alpha value is -2.73. The van der Waals surface area contributed by atoms with Crippen LogP contribution in [-0.2, 0) is 11.2 Å². The van der Waals surface area contributed by atoms with E-state index in [4.69, 9.17) is 4.74 Å². The van der Waals surface area contributed by atoms with Crippen LogP contribution in [0.15, 0.2) is 54.6 Å². The Kier molecular flexibility index (Phi) is 5.96. The highest BCUT2D eigenvalue weighted by Gasteiger charge is 2.20. The van der Waals surface area contributed by atoms with Crippen molar-refractivity contribution in [3.8, 4) is 16.9 Å². The Morgan fingerprint density at radius 3 is 2.35 bits per heavy atom. The van der Waals surface area contributed by atoms with Gasteiger partial charge in [-0.3, -0.25) is 10.1 Å². The molecule has 0 fully saturated rings. The molecule has 3 aromatic rings. The molecule has 0 saturated heterocycles. The number of hydrogen-bond donors (Lipinski definition) is 1. The lowest BCUT2D eigenvalue weighted by molar-refractivity contribution is -0.122. The fourth-order valence-corrected chi connectivity index (χ4v) is 3.16. The number of rotatable bonds is 7. The van der Waals surface area contributed by atoms with Gasteiger partial charge in [0.15, 0.2) is 6.10 Å². The first-order valence-electron chi connectivity index (χ1n) is 8.65. The molecule has 0 aliphatic carbocycles. The molecule has 134 valence electrons. The van der Waals surface area contributed by atoms with Gasteiger partial charge in [-0.15, -0.1) is 10.2 Å². The highest BCUT2D eigenvalue weighted by atomic mass is 32.1. The average Bonchev–Trinajstić information content (AvgIpc) is 3.14. The van der Waals surface area contributed by atoms with Crippen molar-refractivity contribution in [1.29, 1.82) is 0 Å². The van der Waals surface area contributed by atoms with Crippen molar-refractivity contribution in [3.05, 3.63) is 59.6 Å². The third-order valence-corrected chi connectivity index (χ3v) is 4.89.